The Morgan fingerprint density at radius 2 is 1.75 bits per heavy atom. The number of amides is 1. The number of aliphatic imine (C=N–C) groups is 1. The predicted molar refractivity (Wildman–Crippen MR) is 129 cm³/mol. The van der Waals surface area contributed by atoms with Gasteiger partial charge < -0.3 is 14.8 Å². The number of benzene rings is 1. The fraction of sp³-hybridized carbons (Fsp3) is 0.538. The lowest BCUT2D eigenvalue weighted by molar-refractivity contribution is 0.0866. The fourth-order valence-electron chi connectivity index (χ4n) is 6.21. The van der Waals surface area contributed by atoms with Crippen molar-refractivity contribution in [3.63, 3.8) is 0 Å². The van der Waals surface area contributed by atoms with Crippen LogP contribution in [0.4, 0.5) is 17.2 Å². The Hall–Kier alpha value is -2.76. The van der Waals surface area contributed by atoms with Crippen molar-refractivity contribution in [2.75, 3.05) is 17.3 Å². The zero-order valence-electron chi connectivity index (χ0n) is 19.0. The van der Waals surface area contributed by atoms with Crippen LogP contribution in [0.5, 0.6) is 0 Å². The molecule has 1 N–H and O–H groups in total. The summed E-state index contributed by atoms with van der Waals surface area (Å²) in [6.45, 7) is 0.966. The highest BCUT2D eigenvalue weighted by molar-refractivity contribution is 6.21. The molecule has 1 aromatic carbocycles. The first-order chi connectivity index (χ1) is 15.7. The number of fused-ring (bicyclic) bond motifs is 5. The van der Waals surface area contributed by atoms with Gasteiger partial charge in [-0.1, -0.05) is 50.3 Å². The van der Waals surface area contributed by atoms with E-state index < -0.39 is 0 Å². The molecular formula is C26H33N5O. The van der Waals surface area contributed by atoms with E-state index in [1.807, 2.05) is 25.2 Å². The largest absolute Gasteiger partial charge is 0.341 e. The number of carbonyl (C=O) groups is 1. The van der Waals surface area contributed by atoms with Gasteiger partial charge in [-0.15, -0.1) is 0 Å². The first-order valence-electron chi connectivity index (χ1n) is 12.4. The van der Waals surface area contributed by atoms with Crippen molar-refractivity contribution in [3.05, 3.63) is 42.1 Å². The zero-order chi connectivity index (χ0) is 21.7. The van der Waals surface area contributed by atoms with E-state index in [1.165, 1.54) is 44.9 Å². The summed E-state index contributed by atoms with van der Waals surface area (Å²) in [6, 6.07) is 10.9. The minimum atomic E-state index is 0.0504. The molecule has 6 heteroatoms. The average molecular weight is 432 g/mol. The summed E-state index contributed by atoms with van der Waals surface area (Å²) in [5.74, 6) is 2.51. The molecule has 1 aromatic heterocycles. The van der Waals surface area contributed by atoms with Gasteiger partial charge in [-0.25, -0.2) is 4.99 Å². The Balaban J connectivity index is 1.45. The lowest BCUT2D eigenvalue weighted by atomic mass is 9.89. The van der Waals surface area contributed by atoms with Gasteiger partial charge in [-0.3, -0.25) is 9.69 Å². The number of para-hydroxylation sites is 1. The molecule has 2 saturated carbocycles. The third-order valence-electron chi connectivity index (χ3n) is 7.87. The number of anilines is 3. The van der Waals surface area contributed by atoms with Gasteiger partial charge in [-0.05, 0) is 43.7 Å². The van der Waals surface area contributed by atoms with Gasteiger partial charge in [0.2, 0.25) is 5.96 Å². The molecule has 2 atom stereocenters. The van der Waals surface area contributed by atoms with Crippen molar-refractivity contribution in [3.8, 4) is 0 Å². The van der Waals surface area contributed by atoms with E-state index in [0.717, 1.165) is 48.1 Å². The fourth-order valence-corrected chi connectivity index (χ4v) is 6.21. The Labute approximate surface area is 190 Å². The predicted octanol–water partition coefficient (Wildman–Crippen LogP) is 5.38. The summed E-state index contributed by atoms with van der Waals surface area (Å²) in [5, 5.41) is 3.62. The van der Waals surface area contributed by atoms with E-state index in [0.29, 0.717) is 18.0 Å². The lowest BCUT2D eigenvalue weighted by Crippen LogP contribution is -2.52. The number of carbonyl (C=O) groups excluding carboxylic acids is 1. The minimum absolute atomic E-state index is 0.0504. The molecule has 32 heavy (non-hydrogen) atoms. The highest BCUT2D eigenvalue weighted by atomic mass is 16.2. The lowest BCUT2D eigenvalue weighted by Gasteiger charge is -2.37. The van der Waals surface area contributed by atoms with Crippen molar-refractivity contribution >= 4 is 29.1 Å². The zero-order valence-corrected chi connectivity index (χ0v) is 19.0. The number of rotatable bonds is 4. The summed E-state index contributed by atoms with van der Waals surface area (Å²) in [7, 11) is 1.89. The topological polar surface area (TPSA) is 52.9 Å². The van der Waals surface area contributed by atoms with Crippen LogP contribution < -0.4 is 10.2 Å². The molecule has 168 valence electrons. The molecule has 0 bridgehead atoms. The standard InChI is InChI=1S/C26H33N5O/c1-29-25(32)23-22(31-21-15-9-8-14-20(21)28-26(29)31)17-30(16-18-10-4-2-5-11-18)24(23)27-19-12-6-3-7-13-19/h3,6-7,12-13,17-18,20-21,27H,2,4-5,8-11,14-16H2,1H3. The molecule has 0 spiro atoms. The van der Waals surface area contributed by atoms with Gasteiger partial charge in [0.05, 0.1) is 17.8 Å². The molecule has 0 saturated heterocycles. The third kappa shape index (κ3) is 3.23. The molecule has 6 nitrogen and oxygen atoms in total. The van der Waals surface area contributed by atoms with Gasteiger partial charge in [0.15, 0.2) is 0 Å². The van der Waals surface area contributed by atoms with Gasteiger partial charge in [0, 0.05) is 25.5 Å². The second-order valence-corrected chi connectivity index (χ2v) is 9.97. The maximum Gasteiger partial charge on any atom is 0.266 e. The van der Waals surface area contributed by atoms with Crippen LogP contribution in [-0.4, -0.2) is 40.5 Å². The maximum atomic E-state index is 13.6. The molecular weight excluding hydrogens is 398 g/mol. The molecule has 2 unspecified atom stereocenters. The van der Waals surface area contributed by atoms with E-state index in [-0.39, 0.29) is 5.91 Å². The van der Waals surface area contributed by atoms with E-state index in [2.05, 4.69) is 33.1 Å². The van der Waals surface area contributed by atoms with Crippen molar-refractivity contribution in [2.45, 2.75) is 76.4 Å². The van der Waals surface area contributed by atoms with E-state index in [4.69, 9.17) is 4.99 Å². The summed E-state index contributed by atoms with van der Waals surface area (Å²) in [4.78, 5) is 22.8. The molecule has 2 aliphatic heterocycles. The molecule has 1 amide bonds. The Morgan fingerprint density at radius 3 is 2.56 bits per heavy atom. The van der Waals surface area contributed by atoms with Crippen molar-refractivity contribution in [1.82, 2.24) is 9.47 Å². The second kappa shape index (κ2) is 7.98. The first-order valence-corrected chi connectivity index (χ1v) is 12.4. The quantitative estimate of drug-likeness (QED) is 0.707. The molecule has 4 aliphatic rings. The smallest absolute Gasteiger partial charge is 0.266 e. The van der Waals surface area contributed by atoms with Crippen LogP contribution in [0, 0.1) is 5.92 Å². The Bertz CT molecular complexity index is 1040. The summed E-state index contributed by atoms with van der Waals surface area (Å²) < 4.78 is 2.33. The van der Waals surface area contributed by atoms with Gasteiger partial charge in [0.25, 0.3) is 5.91 Å². The molecule has 2 fully saturated rings. The van der Waals surface area contributed by atoms with Crippen LogP contribution in [0.15, 0.2) is 41.5 Å². The van der Waals surface area contributed by atoms with Gasteiger partial charge >= 0.3 is 0 Å². The van der Waals surface area contributed by atoms with Crippen LogP contribution in [-0.2, 0) is 6.54 Å². The summed E-state index contributed by atoms with van der Waals surface area (Å²) in [6.07, 6.45) is 13.5. The Kier molecular flexibility index (Phi) is 4.96. The van der Waals surface area contributed by atoms with Gasteiger partial charge in [0.1, 0.15) is 11.4 Å². The maximum absolute atomic E-state index is 13.6. The number of hydrogen-bond acceptors (Lipinski definition) is 4. The van der Waals surface area contributed by atoms with Crippen molar-refractivity contribution < 1.29 is 4.79 Å². The van der Waals surface area contributed by atoms with Crippen LogP contribution in [0.25, 0.3) is 0 Å². The number of aromatic nitrogens is 1. The minimum Gasteiger partial charge on any atom is -0.341 e. The molecule has 6 rings (SSSR count). The van der Waals surface area contributed by atoms with Crippen molar-refractivity contribution in [1.29, 1.82) is 0 Å². The van der Waals surface area contributed by atoms with Crippen molar-refractivity contribution in [2.24, 2.45) is 10.9 Å². The highest BCUT2D eigenvalue weighted by Crippen LogP contribution is 2.44. The highest BCUT2D eigenvalue weighted by Gasteiger charge is 2.47. The molecule has 2 aliphatic carbocycles. The second-order valence-electron chi connectivity index (χ2n) is 9.97. The number of nitrogens with zero attached hydrogens (tertiary/aromatic N) is 4. The van der Waals surface area contributed by atoms with Crippen LogP contribution in [0.3, 0.4) is 0 Å². The number of nitrogens with one attached hydrogen (secondary N) is 1. The summed E-state index contributed by atoms with van der Waals surface area (Å²) >= 11 is 0. The number of guanidine groups is 1. The third-order valence-corrected chi connectivity index (χ3v) is 7.87. The molecule has 3 heterocycles. The van der Waals surface area contributed by atoms with Crippen LogP contribution >= 0.6 is 0 Å². The van der Waals surface area contributed by atoms with Crippen LogP contribution in [0.2, 0.25) is 0 Å². The normalized spacial score (nSPS) is 25.3. The SMILES string of the molecule is CN1C(=O)c2c(cn(CC3CCCCC3)c2Nc2ccccc2)N2C1=NC1CCCCC12. The summed E-state index contributed by atoms with van der Waals surface area (Å²) in [5.41, 5.74) is 2.87. The number of hydrogen-bond donors (Lipinski definition) is 1. The van der Waals surface area contributed by atoms with Crippen LogP contribution in [0.1, 0.15) is 68.1 Å². The molecule has 2 aromatic rings. The monoisotopic (exact) mass is 431 g/mol. The Morgan fingerprint density at radius 1 is 1.00 bits per heavy atom. The average Bonchev–Trinajstić information content (AvgIpc) is 3.38. The van der Waals surface area contributed by atoms with Gasteiger partial charge in [-0.2, -0.15) is 0 Å². The van der Waals surface area contributed by atoms with E-state index in [9.17, 15) is 4.79 Å². The molecule has 0 radical (unpaired) electrons. The van der Waals surface area contributed by atoms with E-state index >= 15 is 0 Å². The van der Waals surface area contributed by atoms with E-state index in [1.54, 1.807) is 4.90 Å². The first kappa shape index (κ1) is 19.9.